The van der Waals surface area contributed by atoms with E-state index in [0.29, 0.717) is 0 Å². The Labute approximate surface area is 259 Å². The summed E-state index contributed by atoms with van der Waals surface area (Å²) in [6, 6.07) is 5.36. The van der Waals surface area contributed by atoms with Crippen molar-refractivity contribution < 1.29 is 84.0 Å². The normalized spacial score (nSPS) is 31.5. The molecule has 0 radical (unpaired) electrons. The fourth-order valence-corrected chi connectivity index (χ4v) is 5.13. The Hall–Kier alpha value is -4.20. The van der Waals surface area contributed by atoms with E-state index in [1.54, 1.807) is 0 Å². The van der Waals surface area contributed by atoms with Crippen LogP contribution < -0.4 is 4.74 Å². The van der Waals surface area contributed by atoms with Crippen LogP contribution in [0.15, 0.2) is 34.7 Å². The van der Waals surface area contributed by atoms with Crippen molar-refractivity contribution in [1.29, 1.82) is 0 Å². The van der Waals surface area contributed by atoms with E-state index in [2.05, 4.69) is 0 Å². The molecule has 4 unspecified atom stereocenters. The van der Waals surface area contributed by atoms with Crippen LogP contribution in [0.2, 0.25) is 0 Å². The second kappa shape index (κ2) is 12.9. The molecular weight excluding hydrogens is 620 g/mol. The van der Waals surface area contributed by atoms with Gasteiger partial charge in [0, 0.05) is 31.2 Å². The number of fused-ring (bicyclic) bond motifs is 1. The molecule has 250 valence electrons. The summed E-state index contributed by atoms with van der Waals surface area (Å²) in [7, 11) is 0. The van der Waals surface area contributed by atoms with Gasteiger partial charge in [0.15, 0.2) is 29.6 Å². The van der Waals surface area contributed by atoms with Crippen LogP contribution in [0.4, 0.5) is 0 Å². The maximum absolute atomic E-state index is 11.6. The number of hydrogen-bond acceptors (Lipinski definition) is 16. The van der Waals surface area contributed by atoms with Gasteiger partial charge in [-0.1, -0.05) is 0 Å². The summed E-state index contributed by atoms with van der Waals surface area (Å²) in [5, 5.41) is 103. The Morgan fingerprint density at radius 1 is 0.804 bits per heavy atom. The van der Waals surface area contributed by atoms with E-state index in [1.807, 2.05) is 0 Å². The Morgan fingerprint density at radius 2 is 1.48 bits per heavy atom. The van der Waals surface area contributed by atoms with Crippen LogP contribution in [0, 0.1) is 0 Å². The number of aromatic hydroxyl groups is 5. The molecule has 10 atom stereocenters. The quantitative estimate of drug-likeness (QED) is 0.0875. The fourth-order valence-electron chi connectivity index (χ4n) is 5.13. The lowest BCUT2D eigenvalue weighted by Crippen LogP contribution is -2.62. The highest BCUT2D eigenvalue weighted by Crippen LogP contribution is 2.45. The van der Waals surface area contributed by atoms with Crippen molar-refractivity contribution in [2.45, 2.75) is 75.3 Å². The van der Waals surface area contributed by atoms with E-state index >= 15 is 0 Å². The fraction of sp³-hybridized carbons (Fsp3) is 0.448. The number of phenolic OH excluding ortho intramolecular Hbond substituents is 5. The van der Waals surface area contributed by atoms with Crippen molar-refractivity contribution in [3.05, 3.63) is 30.3 Å². The molecular formula is C29H33O17+. The van der Waals surface area contributed by atoms with Gasteiger partial charge in [-0.25, -0.2) is 4.42 Å². The molecule has 0 bridgehead atoms. The number of phenols is 5. The Morgan fingerprint density at radius 3 is 2.13 bits per heavy atom. The third kappa shape index (κ3) is 6.39. The maximum atomic E-state index is 11.6. The monoisotopic (exact) mass is 653 g/mol. The van der Waals surface area contributed by atoms with Crippen LogP contribution in [0.5, 0.6) is 34.5 Å². The van der Waals surface area contributed by atoms with Crippen LogP contribution in [0.25, 0.3) is 22.3 Å². The van der Waals surface area contributed by atoms with E-state index in [1.165, 1.54) is 13.0 Å². The summed E-state index contributed by atoms with van der Waals surface area (Å²) in [6.07, 6.45) is -15.7. The van der Waals surface area contributed by atoms with Gasteiger partial charge >= 0.3 is 17.3 Å². The smallest absolute Gasteiger partial charge is 0.402 e. The summed E-state index contributed by atoms with van der Waals surface area (Å²) in [6.45, 7) is 1.92. The SMILES string of the molecule is CC(=O)O[C@H]1C(O)[C@@H](O)C(C)O[C@H]1OCC1O[C@@H](Oc2cc3c(O)cc(O)cc3[o+]c2-c2cc(O)c(O)c(O)c2)C(O)[C@@H](O)[C@@H]1O. The molecule has 0 amide bonds. The lowest BCUT2D eigenvalue weighted by atomic mass is 9.98. The number of aliphatic hydroxyl groups excluding tert-OH is 5. The van der Waals surface area contributed by atoms with Crippen molar-refractivity contribution in [3.63, 3.8) is 0 Å². The van der Waals surface area contributed by atoms with E-state index in [9.17, 15) is 55.9 Å². The molecule has 3 heterocycles. The zero-order chi connectivity index (χ0) is 33.6. The van der Waals surface area contributed by atoms with Crippen molar-refractivity contribution in [3.8, 4) is 45.8 Å². The first-order chi connectivity index (χ1) is 21.7. The minimum absolute atomic E-state index is 0.00429. The van der Waals surface area contributed by atoms with Gasteiger partial charge in [-0.3, -0.25) is 4.79 Å². The number of hydrogen-bond donors (Lipinski definition) is 10. The predicted octanol–water partition coefficient (Wildman–Crippen LogP) is -0.490. The van der Waals surface area contributed by atoms with Gasteiger partial charge in [0.1, 0.15) is 53.5 Å². The molecule has 17 nitrogen and oxygen atoms in total. The third-order valence-corrected chi connectivity index (χ3v) is 7.57. The van der Waals surface area contributed by atoms with Crippen LogP contribution in [-0.4, -0.2) is 125 Å². The van der Waals surface area contributed by atoms with Crippen molar-refractivity contribution in [2.75, 3.05) is 6.61 Å². The average molecular weight is 654 g/mol. The number of benzene rings is 2. The molecule has 46 heavy (non-hydrogen) atoms. The molecule has 2 aromatic carbocycles. The molecule has 2 saturated heterocycles. The zero-order valence-corrected chi connectivity index (χ0v) is 24.2. The van der Waals surface area contributed by atoms with Crippen LogP contribution in [-0.2, 0) is 23.7 Å². The highest BCUT2D eigenvalue weighted by Gasteiger charge is 2.49. The van der Waals surface area contributed by atoms with Crippen LogP contribution in [0.1, 0.15) is 13.8 Å². The van der Waals surface area contributed by atoms with Gasteiger partial charge in [0.25, 0.3) is 0 Å². The van der Waals surface area contributed by atoms with Gasteiger partial charge in [-0.2, -0.15) is 0 Å². The molecule has 0 aliphatic carbocycles. The summed E-state index contributed by atoms with van der Waals surface area (Å²) in [5.41, 5.74) is -0.172. The maximum Gasteiger partial charge on any atom is 0.402 e. The molecule has 2 aliphatic heterocycles. The number of rotatable bonds is 7. The number of ether oxygens (including phenoxy) is 5. The van der Waals surface area contributed by atoms with E-state index in [-0.39, 0.29) is 33.8 Å². The summed E-state index contributed by atoms with van der Waals surface area (Å²) >= 11 is 0. The van der Waals surface area contributed by atoms with Gasteiger partial charge in [-0.15, -0.1) is 0 Å². The molecule has 10 N–H and O–H groups in total. The second-order valence-electron chi connectivity index (χ2n) is 10.9. The molecule has 0 saturated carbocycles. The largest absolute Gasteiger partial charge is 0.507 e. The molecule has 2 aliphatic rings. The van der Waals surface area contributed by atoms with Crippen molar-refractivity contribution >= 4 is 16.9 Å². The first kappa shape index (κ1) is 33.2. The second-order valence-corrected chi connectivity index (χ2v) is 10.9. The van der Waals surface area contributed by atoms with Crippen LogP contribution >= 0.6 is 0 Å². The van der Waals surface area contributed by atoms with Gasteiger partial charge < -0.3 is 74.7 Å². The van der Waals surface area contributed by atoms with Crippen LogP contribution in [0.3, 0.4) is 0 Å². The van der Waals surface area contributed by atoms with E-state index in [4.69, 9.17) is 28.1 Å². The third-order valence-electron chi connectivity index (χ3n) is 7.57. The van der Waals surface area contributed by atoms with Gasteiger partial charge in [0.2, 0.25) is 12.0 Å². The van der Waals surface area contributed by atoms with Crippen molar-refractivity contribution in [1.82, 2.24) is 0 Å². The number of aliphatic hydroxyl groups is 5. The predicted molar refractivity (Wildman–Crippen MR) is 150 cm³/mol. The van der Waals surface area contributed by atoms with E-state index < -0.39 is 97.0 Å². The zero-order valence-electron chi connectivity index (χ0n) is 24.2. The topological polar surface area (TPSA) is 277 Å². The summed E-state index contributed by atoms with van der Waals surface area (Å²) < 4.78 is 33.6. The molecule has 1 aromatic heterocycles. The number of esters is 1. The van der Waals surface area contributed by atoms with Gasteiger partial charge in [-0.05, 0) is 6.92 Å². The Balaban J connectivity index is 1.45. The minimum Gasteiger partial charge on any atom is -0.507 e. The van der Waals surface area contributed by atoms with E-state index in [0.717, 1.165) is 31.2 Å². The van der Waals surface area contributed by atoms with Gasteiger partial charge in [0.05, 0.1) is 24.3 Å². The Kier molecular flexibility index (Phi) is 9.30. The first-order valence-corrected chi connectivity index (χ1v) is 13.9. The molecule has 3 aromatic rings. The van der Waals surface area contributed by atoms with Crippen molar-refractivity contribution in [2.24, 2.45) is 0 Å². The lowest BCUT2D eigenvalue weighted by molar-refractivity contribution is -0.320. The summed E-state index contributed by atoms with van der Waals surface area (Å²) in [5.74, 6) is -4.53. The molecule has 17 heteroatoms. The number of carbonyl (C=O) groups is 1. The lowest BCUT2D eigenvalue weighted by Gasteiger charge is -2.43. The minimum atomic E-state index is -1.90. The first-order valence-electron chi connectivity index (χ1n) is 13.9. The molecule has 0 spiro atoms. The highest BCUT2D eigenvalue weighted by atomic mass is 16.7. The molecule has 5 rings (SSSR count). The highest BCUT2D eigenvalue weighted by molar-refractivity contribution is 5.88. The summed E-state index contributed by atoms with van der Waals surface area (Å²) in [4.78, 5) is 11.6. The number of carbonyl (C=O) groups excluding carboxylic acids is 1. The Bertz CT molecular complexity index is 1570. The standard InChI is InChI=1S/C29H32O17/c1-9-20(35)24(39)27(43-10(2)30)29(42-9)41-8-19-22(37)23(38)25(40)28(46-19)45-18-7-13-14(32)5-12(31)6-17(13)44-26(18)11-3-15(33)21(36)16(34)4-11/h3-7,9,19-20,22-25,27-29,35,37-40H,8H2,1-2H3,(H4-,31,32,33,34,36)/p+1/t9?,19?,20-,22+,23-,24?,25?,27-,28+,29+/m0/s1. The average Bonchev–Trinajstić information content (AvgIpc) is 2.99. The molecule has 2 fully saturated rings.